The minimum Gasteiger partial charge on any atom is -0.329 e. The van der Waals surface area contributed by atoms with Crippen molar-refractivity contribution in [3.63, 3.8) is 0 Å². The second-order valence-electron chi connectivity index (χ2n) is 4.46. The van der Waals surface area contributed by atoms with Gasteiger partial charge in [0, 0.05) is 18.1 Å². The van der Waals surface area contributed by atoms with Gasteiger partial charge in [-0.2, -0.15) is 0 Å². The third-order valence-corrected chi connectivity index (χ3v) is 3.29. The molecule has 70 valence electrons. The van der Waals surface area contributed by atoms with Crippen LogP contribution < -0.4 is 11.1 Å². The van der Waals surface area contributed by atoms with E-state index < -0.39 is 0 Å². The fraction of sp³-hybridized carbons (Fsp3) is 1.00. The largest absolute Gasteiger partial charge is 0.329 e. The average Bonchev–Trinajstić information content (AvgIpc) is 2.90. The smallest absolute Gasteiger partial charge is 0.0306 e. The first-order valence-electron chi connectivity index (χ1n) is 5.32. The lowest BCUT2D eigenvalue weighted by Gasteiger charge is -2.37. The van der Waals surface area contributed by atoms with E-state index in [0.29, 0.717) is 5.54 Å². The SMILES string of the molecule is NCC1(NC2CC2)CCCCC1. The Bertz CT molecular complexity index is 146. The van der Waals surface area contributed by atoms with Gasteiger partial charge in [0.15, 0.2) is 0 Å². The molecule has 2 aliphatic carbocycles. The maximum atomic E-state index is 5.85. The summed E-state index contributed by atoms with van der Waals surface area (Å²) >= 11 is 0. The summed E-state index contributed by atoms with van der Waals surface area (Å²) < 4.78 is 0. The molecule has 2 aliphatic rings. The van der Waals surface area contributed by atoms with E-state index in [4.69, 9.17) is 5.73 Å². The van der Waals surface area contributed by atoms with E-state index in [1.165, 1.54) is 44.9 Å². The van der Waals surface area contributed by atoms with E-state index in [9.17, 15) is 0 Å². The number of hydrogen-bond acceptors (Lipinski definition) is 2. The maximum absolute atomic E-state index is 5.85. The Kier molecular flexibility index (Phi) is 2.37. The number of nitrogens with two attached hydrogens (primary N) is 1. The van der Waals surface area contributed by atoms with Gasteiger partial charge in [0.05, 0.1) is 0 Å². The van der Waals surface area contributed by atoms with Gasteiger partial charge in [0.25, 0.3) is 0 Å². The van der Waals surface area contributed by atoms with Crippen molar-refractivity contribution in [1.82, 2.24) is 5.32 Å². The monoisotopic (exact) mass is 168 g/mol. The van der Waals surface area contributed by atoms with E-state index >= 15 is 0 Å². The van der Waals surface area contributed by atoms with E-state index in [1.807, 2.05) is 0 Å². The first-order valence-corrected chi connectivity index (χ1v) is 5.32. The molecule has 2 heteroatoms. The van der Waals surface area contributed by atoms with Crippen LogP contribution in [0.5, 0.6) is 0 Å². The highest BCUT2D eigenvalue weighted by atomic mass is 15.1. The van der Waals surface area contributed by atoms with Gasteiger partial charge >= 0.3 is 0 Å². The molecule has 0 unspecified atom stereocenters. The molecule has 0 amide bonds. The topological polar surface area (TPSA) is 38.0 Å². The quantitative estimate of drug-likeness (QED) is 0.668. The van der Waals surface area contributed by atoms with Crippen LogP contribution in [0.15, 0.2) is 0 Å². The van der Waals surface area contributed by atoms with Crippen LogP contribution in [0.25, 0.3) is 0 Å². The molecule has 2 rings (SSSR count). The number of hydrogen-bond donors (Lipinski definition) is 2. The number of rotatable bonds is 3. The van der Waals surface area contributed by atoms with Crippen LogP contribution in [0.2, 0.25) is 0 Å². The van der Waals surface area contributed by atoms with E-state index in [0.717, 1.165) is 12.6 Å². The lowest BCUT2D eigenvalue weighted by molar-refractivity contribution is 0.236. The Morgan fingerprint density at radius 3 is 2.33 bits per heavy atom. The Morgan fingerprint density at radius 1 is 1.17 bits per heavy atom. The van der Waals surface area contributed by atoms with Gasteiger partial charge in [-0.15, -0.1) is 0 Å². The standard InChI is InChI=1S/C10H20N2/c11-8-10(12-9-4-5-9)6-2-1-3-7-10/h9,12H,1-8,11H2. The predicted molar refractivity (Wildman–Crippen MR) is 51.0 cm³/mol. The van der Waals surface area contributed by atoms with Gasteiger partial charge in [0.2, 0.25) is 0 Å². The zero-order chi connectivity index (χ0) is 8.44. The van der Waals surface area contributed by atoms with Gasteiger partial charge in [0.1, 0.15) is 0 Å². The molecule has 0 bridgehead atoms. The Labute approximate surface area is 74.9 Å². The Morgan fingerprint density at radius 2 is 1.83 bits per heavy atom. The van der Waals surface area contributed by atoms with Crippen molar-refractivity contribution in [3.05, 3.63) is 0 Å². The molecule has 2 nitrogen and oxygen atoms in total. The highest BCUT2D eigenvalue weighted by Crippen LogP contribution is 2.31. The lowest BCUT2D eigenvalue weighted by Crippen LogP contribution is -2.53. The van der Waals surface area contributed by atoms with Crippen molar-refractivity contribution in [2.75, 3.05) is 6.54 Å². The molecule has 3 N–H and O–H groups in total. The molecule has 0 atom stereocenters. The van der Waals surface area contributed by atoms with Gasteiger partial charge in [-0.05, 0) is 25.7 Å². The average molecular weight is 168 g/mol. The summed E-state index contributed by atoms with van der Waals surface area (Å²) in [4.78, 5) is 0. The summed E-state index contributed by atoms with van der Waals surface area (Å²) in [6.07, 6.45) is 9.52. The van der Waals surface area contributed by atoms with Gasteiger partial charge in [-0.25, -0.2) is 0 Å². The Balaban J connectivity index is 1.90. The summed E-state index contributed by atoms with van der Waals surface area (Å²) in [6, 6.07) is 0.812. The van der Waals surface area contributed by atoms with Crippen molar-refractivity contribution >= 4 is 0 Å². The molecule has 0 aromatic carbocycles. The molecule has 0 aromatic heterocycles. The van der Waals surface area contributed by atoms with Crippen molar-refractivity contribution in [2.24, 2.45) is 5.73 Å². The summed E-state index contributed by atoms with van der Waals surface area (Å²) in [5.41, 5.74) is 6.18. The minimum atomic E-state index is 0.333. The van der Waals surface area contributed by atoms with Crippen LogP contribution >= 0.6 is 0 Å². The molecule has 0 saturated heterocycles. The summed E-state index contributed by atoms with van der Waals surface area (Å²) in [5.74, 6) is 0. The van der Waals surface area contributed by atoms with Crippen LogP contribution in [0.1, 0.15) is 44.9 Å². The third-order valence-electron chi connectivity index (χ3n) is 3.29. The molecule has 0 heterocycles. The fourth-order valence-electron chi connectivity index (χ4n) is 2.30. The predicted octanol–water partition coefficient (Wildman–Crippen LogP) is 1.40. The molecule has 0 spiro atoms. The molecular formula is C10H20N2. The van der Waals surface area contributed by atoms with Gasteiger partial charge in [-0.3, -0.25) is 0 Å². The minimum absolute atomic E-state index is 0.333. The van der Waals surface area contributed by atoms with Gasteiger partial charge < -0.3 is 11.1 Å². The van der Waals surface area contributed by atoms with Crippen molar-refractivity contribution in [3.8, 4) is 0 Å². The summed E-state index contributed by atoms with van der Waals surface area (Å²) in [7, 11) is 0. The molecule has 0 aliphatic heterocycles. The molecule has 2 saturated carbocycles. The third kappa shape index (κ3) is 1.80. The van der Waals surface area contributed by atoms with E-state index in [-0.39, 0.29) is 0 Å². The molecule has 0 radical (unpaired) electrons. The molecule has 12 heavy (non-hydrogen) atoms. The molecule has 0 aromatic rings. The van der Waals surface area contributed by atoms with Crippen LogP contribution in [0.3, 0.4) is 0 Å². The summed E-state index contributed by atoms with van der Waals surface area (Å²) in [6.45, 7) is 0.837. The van der Waals surface area contributed by atoms with Gasteiger partial charge in [-0.1, -0.05) is 19.3 Å². The maximum Gasteiger partial charge on any atom is 0.0306 e. The van der Waals surface area contributed by atoms with Crippen LogP contribution in [-0.2, 0) is 0 Å². The molecule has 2 fully saturated rings. The van der Waals surface area contributed by atoms with Crippen LogP contribution in [0, 0.1) is 0 Å². The highest BCUT2D eigenvalue weighted by molar-refractivity contribution is 4.97. The summed E-state index contributed by atoms with van der Waals surface area (Å²) in [5, 5.41) is 3.73. The Hall–Kier alpha value is -0.0800. The first-order chi connectivity index (χ1) is 5.85. The zero-order valence-corrected chi connectivity index (χ0v) is 7.81. The zero-order valence-electron chi connectivity index (χ0n) is 7.81. The normalized spacial score (nSPS) is 28.8. The second kappa shape index (κ2) is 3.35. The first kappa shape index (κ1) is 8.52. The fourth-order valence-corrected chi connectivity index (χ4v) is 2.30. The molecular weight excluding hydrogens is 148 g/mol. The van der Waals surface area contributed by atoms with Crippen molar-refractivity contribution in [1.29, 1.82) is 0 Å². The number of nitrogens with one attached hydrogen (secondary N) is 1. The lowest BCUT2D eigenvalue weighted by atomic mass is 9.81. The van der Waals surface area contributed by atoms with Crippen LogP contribution in [0.4, 0.5) is 0 Å². The van der Waals surface area contributed by atoms with Crippen molar-refractivity contribution < 1.29 is 0 Å². The highest BCUT2D eigenvalue weighted by Gasteiger charge is 2.35. The van der Waals surface area contributed by atoms with Crippen molar-refractivity contribution in [2.45, 2.75) is 56.5 Å². The van der Waals surface area contributed by atoms with Crippen LogP contribution in [-0.4, -0.2) is 18.1 Å². The van der Waals surface area contributed by atoms with E-state index in [1.54, 1.807) is 0 Å². The van der Waals surface area contributed by atoms with E-state index in [2.05, 4.69) is 5.32 Å². The second-order valence-corrected chi connectivity index (χ2v) is 4.46.